The quantitative estimate of drug-likeness (QED) is 0.801. The lowest BCUT2D eigenvalue weighted by Gasteiger charge is -2.04. The average Bonchev–Trinajstić information content (AvgIpc) is 2.93. The summed E-state index contributed by atoms with van der Waals surface area (Å²) in [7, 11) is 0. The number of aromatic nitrogens is 2. The molecule has 1 N–H and O–H groups in total. The molecule has 0 atom stereocenters. The summed E-state index contributed by atoms with van der Waals surface area (Å²) in [6.45, 7) is 0. The molecular formula is C12H6ClFN2O3S. The van der Waals surface area contributed by atoms with E-state index in [-0.39, 0.29) is 22.3 Å². The molecule has 3 rings (SSSR count). The number of benzene rings is 1. The van der Waals surface area contributed by atoms with E-state index in [4.69, 9.17) is 16.3 Å². The Hall–Kier alpha value is -2.12. The number of fused-ring (bicyclic) bond motifs is 1. The molecule has 102 valence electrons. The highest BCUT2D eigenvalue weighted by molar-refractivity contribution is 7.15. The molecule has 0 aliphatic carbocycles. The molecule has 0 spiro atoms. The third-order valence-corrected chi connectivity index (χ3v) is 3.58. The van der Waals surface area contributed by atoms with Crippen LogP contribution >= 0.6 is 22.9 Å². The van der Waals surface area contributed by atoms with Gasteiger partial charge in [-0.3, -0.25) is 4.40 Å². The summed E-state index contributed by atoms with van der Waals surface area (Å²) in [6.07, 6.45) is 1.58. The number of ether oxygens (including phenoxy) is 1. The number of aromatic carboxylic acids is 1. The Kier molecular flexibility index (Phi) is 3.07. The second kappa shape index (κ2) is 4.77. The minimum atomic E-state index is -1.17. The van der Waals surface area contributed by atoms with E-state index < -0.39 is 11.8 Å². The number of carbonyl (C=O) groups is 1. The van der Waals surface area contributed by atoms with E-state index in [1.807, 2.05) is 0 Å². The van der Waals surface area contributed by atoms with Gasteiger partial charge in [-0.2, -0.15) is 4.98 Å². The van der Waals surface area contributed by atoms with Crippen LogP contribution in [0.1, 0.15) is 10.5 Å². The normalized spacial score (nSPS) is 10.9. The smallest absolute Gasteiger partial charge is 0.358 e. The molecule has 2 aromatic heterocycles. The van der Waals surface area contributed by atoms with Gasteiger partial charge in [0, 0.05) is 17.6 Å². The molecule has 0 bridgehead atoms. The predicted octanol–water partition coefficient (Wildman–Crippen LogP) is 3.68. The molecule has 0 fully saturated rings. The Bertz CT molecular complexity index is 814. The molecule has 0 aliphatic heterocycles. The van der Waals surface area contributed by atoms with Gasteiger partial charge in [-0.15, -0.1) is 11.3 Å². The number of rotatable bonds is 3. The van der Waals surface area contributed by atoms with E-state index in [1.54, 1.807) is 11.6 Å². The Morgan fingerprint density at radius 3 is 3.00 bits per heavy atom. The van der Waals surface area contributed by atoms with Gasteiger partial charge in [0.25, 0.3) is 5.88 Å². The van der Waals surface area contributed by atoms with Crippen molar-refractivity contribution in [1.82, 2.24) is 9.38 Å². The third kappa shape index (κ3) is 2.10. The van der Waals surface area contributed by atoms with Crippen molar-refractivity contribution in [2.24, 2.45) is 0 Å². The number of hydrogen-bond donors (Lipinski definition) is 1. The van der Waals surface area contributed by atoms with Crippen molar-refractivity contribution in [2.75, 3.05) is 0 Å². The van der Waals surface area contributed by atoms with Gasteiger partial charge in [0.15, 0.2) is 10.7 Å². The lowest BCUT2D eigenvalue weighted by Crippen LogP contribution is -2.02. The maximum atomic E-state index is 13.1. The summed E-state index contributed by atoms with van der Waals surface area (Å²) in [6, 6.07) is 3.74. The fourth-order valence-corrected chi connectivity index (χ4v) is 2.56. The Morgan fingerprint density at radius 2 is 2.30 bits per heavy atom. The fourth-order valence-electron chi connectivity index (χ4n) is 1.68. The van der Waals surface area contributed by atoms with Gasteiger partial charge in [-0.05, 0) is 12.1 Å². The molecule has 0 radical (unpaired) electrons. The van der Waals surface area contributed by atoms with Gasteiger partial charge in [0.05, 0.1) is 5.02 Å². The molecular weight excluding hydrogens is 307 g/mol. The lowest BCUT2D eigenvalue weighted by molar-refractivity contribution is 0.0686. The van der Waals surface area contributed by atoms with Gasteiger partial charge in [-0.1, -0.05) is 11.6 Å². The first-order valence-corrected chi connectivity index (χ1v) is 6.64. The average molecular weight is 313 g/mol. The third-order valence-electron chi connectivity index (χ3n) is 2.54. The maximum absolute atomic E-state index is 13.1. The zero-order valence-corrected chi connectivity index (χ0v) is 11.3. The molecule has 0 saturated carbocycles. The van der Waals surface area contributed by atoms with Crippen molar-refractivity contribution in [3.63, 3.8) is 0 Å². The van der Waals surface area contributed by atoms with Crippen LogP contribution in [0.2, 0.25) is 5.02 Å². The summed E-state index contributed by atoms with van der Waals surface area (Å²) in [5.41, 5.74) is -0.0957. The van der Waals surface area contributed by atoms with Gasteiger partial charge >= 0.3 is 5.97 Å². The van der Waals surface area contributed by atoms with Gasteiger partial charge in [0.2, 0.25) is 0 Å². The second-order valence-electron chi connectivity index (χ2n) is 3.80. The number of carboxylic acids is 1. The SMILES string of the molecule is O=C(O)c1c(Oc2ccc(F)c(Cl)c2)nc2sccn12. The van der Waals surface area contributed by atoms with Gasteiger partial charge in [0.1, 0.15) is 11.6 Å². The van der Waals surface area contributed by atoms with Crippen LogP contribution in [0.4, 0.5) is 4.39 Å². The van der Waals surface area contributed by atoms with E-state index >= 15 is 0 Å². The van der Waals surface area contributed by atoms with Crippen LogP contribution in [0.3, 0.4) is 0 Å². The minimum Gasteiger partial charge on any atom is -0.476 e. The van der Waals surface area contributed by atoms with Crippen LogP contribution in [0.25, 0.3) is 4.96 Å². The molecule has 0 saturated heterocycles. The number of halogens is 2. The minimum absolute atomic E-state index is 0.0629. The van der Waals surface area contributed by atoms with Crippen molar-refractivity contribution in [2.45, 2.75) is 0 Å². The summed E-state index contributed by atoms with van der Waals surface area (Å²) in [5.74, 6) is -1.60. The van der Waals surface area contributed by atoms with Crippen LogP contribution in [0, 0.1) is 5.82 Å². The van der Waals surface area contributed by atoms with Crippen molar-refractivity contribution in [3.05, 3.63) is 46.3 Å². The Labute approximate surface area is 120 Å². The zero-order valence-electron chi connectivity index (χ0n) is 9.71. The number of hydrogen-bond acceptors (Lipinski definition) is 4. The number of imidazole rings is 1. The van der Waals surface area contributed by atoms with Crippen LogP contribution < -0.4 is 4.74 Å². The van der Waals surface area contributed by atoms with Crippen LogP contribution in [0.5, 0.6) is 11.6 Å². The van der Waals surface area contributed by atoms with Crippen LogP contribution in [-0.4, -0.2) is 20.5 Å². The number of thiazole rings is 1. The largest absolute Gasteiger partial charge is 0.476 e. The maximum Gasteiger partial charge on any atom is 0.358 e. The zero-order chi connectivity index (χ0) is 14.3. The molecule has 5 nitrogen and oxygen atoms in total. The molecule has 20 heavy (non-hydrogen) atoms. The van der Waals surface area contributed by atoms with E-state index in [9.17, 15) is 14.3 Å². The summed E-state index contributed by atoms with van der Waals surface area (Å²) < 4.78 is 19.9. The van der Waals surface area contributed by atoms with E-state index in [0.29, 0.717) is 4.96 Å². The summed E-state index contributed by atoms with van der Waals surface area (Å²) in [5, 5.41) is 10.8. The molecule has 8 heteroatoms. The highest BCUT2D eigenvalue weighted by atomic mass is 35.5. The summed E-state index contributed by atoms with van der Waals surface area (Å²) in [4.78, 5) is 15.9. The predicted molar refractivity (Wildman–Crippen MR) is 71.5 cm³/mol. The molecule has 0 amide bonds. The second-order valence-corrected chi connectivity index (χ2v) is 5.08. The number of nitrogens with zero attached hydrogens (tertiary/aromatic N) is 2. The van der Waals surface area contributed by atoms with E-state index in [2.05, 4.69) is 4.98 Å². The first-order chi connectivity index (χ1) is 9.56. The lowest BCUT2D eigenvalue weighted by atomic mass is 10.3. The molecule has 1 aromatic carbocycles. The molecule has 0 unspecified atom stereocenters. The van der Waals surface area contributed by atoms with Crippen molar-refractivity contribution < 1.29 is 19.0 Å². The van der Waals surface area contributed by atoms with E-state index in [0.717, 1.165) is 6.07 Å². The molecule has 3 aromatic rings. The highest BCUT2D eigenvalue weighted by Crippen LogP contribution is 2.30. The van der Waals surface area contributed by atoms with Gasteiger partial charge in [-0.25, -0.2) is 9.18 Å². The standard InChI is InChI=1S/C12H6ClFN2O3S/c13-7-5-6(1-2-8(7)14)19-10-9(11(17)18)16-3-4-20-12(16)15-10/h1-5H,(H,17,18). The molecule has 2 heterocycles. The van der Waals surface area contributed by atoms with Crippen molar-refractivity contribution in [3.8, 4) is 11.6 Å². The van der Waals surface area contributed by atoms with Crippen molar-refractivity contribution in [1.29, 1.82) is 0 Å². The van der Waals surface area contributed by atoms with Gasteiger partial charge < -0.3 is 9.84 Å². The molecule has 0 aliphatic rings. The number of carboxylic acid groups (broad SMARTS) is 1. The van der Waals surface area contributed by atoms with Crippen molar-refractivity contribution >= 4 is 33.9 Å². The topological polar surface area (TPSA) is 63.8 Å². The first kappa shape index (κ1) is 12.9. The summed E-state index contributed by atoms with van der Waals surface area (Å²) >= 11 is 6.92. The van der Waals surface area contributed by atoms with Crippen LogP contribution in [-0.2, 0) is 0 Å². The Morgan fingerprint density at radius 1 is 1.50 bits per heavy atom. The first-order valence-electron chi connectivity index (χ1n) is 5.38. The monoisotopic (exact) mass is 312 g/mol. The van der Waals surface area contributed by atoms with E-state index in [1.165, 1.54) is 27.9 Å². The Balaban J connectivity index is 2.05. The van der Waals surface area contributed by atoms with Crippen LogP contribution in [0.15, 0.2) is 29.8 Å². The fraction of sp³-hybridized carbons (Fsp3) is 0. The highest BCUT2D eigenvalue weighted by Gasteiger charge is 2.21.